The smallest absolute Gasteiger partial charge is 0.295 e. The zero-order valence-corrected chi connectivity index (χ0v) is 16.1. The van der Waals surface area contributed by atoms with Gasteiger partial charge in [0.15, 0.2) is 0 Å². The first kappa shape index (κ1) is 19.7. The van der Waals surface area contributed by atoms with Crippen LogP contribution in [0, 0.1) is 0 Å². The highest BCUT2D eigenvalue weighted by Gasteiger charge is 2.25. The molecule has 1 aromatic carbocycles. The molecule has 0 saturated carbocycles. The summed E-state index contributed by atoms with van der Waals surface area (Å²) >= 11 is 0. The number of fused-ring (bicyclic) bond motifs is 1. The summed E-state index contributed by atoms with van der Waals surface area (Å²) in [5, 5.41) is 3.59. The molecule has 1 N–H and O–H groups in total. The topological polar surface area (TPSA) is 71.4 Å². The Morgan fingerprint density at radius 1 is 1.08 bits per heavy atom. The molecule has 6 heteroatoms. The van der Waals surface area contributed by atoms with Crippen LogP contribution in [0.4, 0.5) is 0 Å². The number of likely N-dealkylation sites (N-methyl/N-ethyl adjacent to an activating group) is 1. The van der Waals surface area contributed by atoms with E-state index < -0.39 is 11.7 Å². The van der Waals surface area contributed by atoms with Crippen LogP contribution in [0.1, 0.15) is 45.0 Å². The molecular weight excluding hydrogens is 330 g/mol. The Labute approximate surface area is 154 Å². The summed E-state index contributed by atoms with van der Waals surface area (Å²) in [7, 11) is 0. The third-order valence-electron chi connectivity index (χ3n) is 4.11. The molecule has 0 radical (unpaired) electrons. The molecule has 1 aromatic heterocycles. The largest absolute Gasteiger partial charge is 0.350 e. The minimum Gasteiger partial charge on any atom is -0.350 e. The number of ketones is 1. The van der Waals surface area contributed by atoms with Crippen LogP contribution in [0.3, 0.4) is 0 Å². The lowest BCUT2D eigenvalue weighted by molar-refractivity contribution is -0.126. The number of aromatic nitrogens is 1. The number of para-hydroxylation sites is 1. The number of rotatable bonds is 6. The first-order valence-corrected chi connectivity index (χ1v) is 8.90. The summed E-state index contributed by atoms with van der Waals surface area (Å²) in [6, 6.07) is 7.32. The van der Waals surface area contributed by atoms with E-state index in [0.717, 1.165) is 5.52 Å². The standard InChI is InChI=1S/C20H27N3O3/c1-6-22(7-2)19(26)18(25)15-12-23(13-17(24)21-20(3,4)5)16-11-9-8-10-14(15)16/h8-12H,6-7,13H2,1-5H3,(H,21,24). The van der Waals surface area contributed by atoms with Gasteiger partial charge < -0.3 is 14.8 Å². The lowest BCUT2D eigenvalue weighted by atomic mass is 10.1. The minimum absolute atomic E-state index is 0.0878. The van der Waals surface area contributed by atoms with Crippen molar-refractivity contribution in [2.45, 2.75) is 46.7 Å². The van der Waals surface area contributed by atoms with Gasteiger partial charge in [-0.25, -0.2) is 0 Å². The monoisotopic (exact) mass is 357 g/mol. The number of carbonyl (C=O) groups excluding carboxylic acids is 3. The van der Waals surface area contributed by atoms with Crippen LogP contribution >= 0.6 is 0 Å². The quantitative estimate of drug-likeness (QED) is 0.638. The molecule has 140 valence electrons. The first-order chi connectivity index (χ1) is 12.2. The number of nitrogens with zero attached hydrogens (tertiary/aromatic N) is 2. The normalized spacial score (nSPS) is 11.4. The first-order valence-electron chi connectivity index (χ1n) is 8.90. The fourth-order valence-electron chi connectivity index (χ4n) is 2.94. The molecule has 0 aliphatic heterocycles. The van der Waals surface area contributed by atoms with Crippen LogP contribution in [-0.2, 0) is 16.1 Å². The zero-order chi connectivity index (χ0) is 19.5. The van der Waals surface area contributed by atoms with E-state index in [1.807, 2.05) is 52.8 Å². The molecule has 0 aliphatic carbocycles. The van der Waals surface area contributed by atoms with Crippen molar-refractivity contribution in [3.63, 3.8) is 0 Å². The van der Waals surface area contributed by atoms with E-state index in [4.69, 9.17) is 0 Å². The van der Waals surface area contributed by atoms with Crippen molar-refractivity contribution in [3.8, 4) is 0 Å². The molecule has 2 aromatic rings. The van der Waals surface area contributed by atoms with Gasteiger partial charge in [0.05, 0.1) is 5.56 Å². The highest BCUT2D eigenvalue weighted by molar-refractivity contribution is 6.44. The van der Waals surface area contributed by atoms with Crippen LogP contribution in [0.15, 0.2) is 30.5 Å². The van der Waals surface area contributed by atoms with Crippen LogP contribution in [0.5, 0.6) is 0 Å². The van der Waals surface area contributed by atoms with Crippen molar-refractivity contribution in [1.29, 1.82) is 0 Å². The predicted octanol–water partition coefficient (Wildman–Crippen LogP) is 2.61. The van der Waals surface area contributed by atoms with Crippen LogP contribution in [0.25, 0.3) is 10.9 Å². The van der Waals surface area contributed by atoms with E-state index >= 15 is 0 Å². The van der Waals surface area contributed by atoms with Gasteiger partial charge in [-0.2, -0.15) is 0 Å². The van der Waals surface area contributed by atoms with E-state index in [1.54, 1.807) is 16.8 Å². The molecular formula is C20H27N3O3. The molecule has 6 nitrogen and oxygen atoms in total. The van der Waals surface area contributed by atoms with Gasteiger partial charge in [-0.15, -0.1) is 0 Å². The van der Waals surface area contributed by atoms with Crippen molar-refractivity contribution < 1.29 is 14.4 Å². The van der Waals surface area contributed by atoms with Gasteiger partial charge in [-0.3, -0.25) is 14.4 Å². The van der Waals surface area contributed by atoms with E-state index in [2.05, 4.69) is 5.32 Å². The number of carbonyl (C=O) groups is 3. The Morgan fingerprint density at radius 2 is 1.69 bits per heavy atom. The number of Topliss-reactive ketones (excluding diaryl/α,β-unsaturated/α-hetero) is 1. The summed E-state index contributed by atoms with van der Waals surface area (Å²) in [5.41, 5.74) is 0.755. The Morgan fingerprint density at radius 3 is 2.27 bits per heavy atom. The van der Waals surface area contributed by atoms with Crippen LogP contribution in [0.2, 0.25) is 0 Å². The molecule has 1 heterocycles. The van der Waals surface area contributed by atoms with Gasteiger partial charge in [0, 0.05) is 35.7 Å². The van der Waals surface area contributed by atoms with E-state index in [1.165, 1.54) is 4.90 Å². The van der Waals surface area contributed by atoms with E-state index in [0.29, 0.717) is 24.0 Å². The molecule has 0 saturated heterocycles. The molecule has 0 unspecified atom stereocenters. The number of hydrogen-bond donors (Lipinski definition) is 1. The lowest BCUT2D eigenvalue weighted by Gasteiger charge is -2.20. The average molecular weight is 357 g/mol. The average Bonchev–Trinajstić information content (AvgIpc) is 2.92. The highest BCUT2D eigenvalue weighted by atomic mass is 16.2. The van der Waals surface area contributed by atoms with Gasteiger partial charge in [0.2, 0.25) is 5.91 Å². The Kier molecular flexibility index (Phi) is 5.85. The van der Waals surface area contributed by atoms with Crippen molar-refractivity contribution in [1.82, 2.24) is 14.8 Å². The second-order valence-corrected chi connectivity index (χ2v) is 7.29. The molecule has 2 rings (SSSR count). The second kappa shape index (κ2) is 7.72. The molecule has 0 spiro atoms. The van der Waals surface area contributed by atoms with E-state index in [9.17, 15) is 14.4 Å². The summed E-state index contributed by atoms with van der Waals surface area (Å²) in [4.78, 5) is 39.0. The number of amides is 2. The zero-order valence-electron chi connectivity index (χ0n) is 16.1. The summed E-state index contributed by atoms with van der Waals surface area (Å²) < 4.78 is 1.72. The minimum atomic E-state index is -0.542. The second-order valence-electron chi connectivity index (χ2n) is 7.29. The van der Waals surface area contributed by atoms with Crippen molar-refractivity contribution in [2.24, 2.45) is 0 Å². The highest BCUT2D eigenvalue weighted by Crippen LogP contribution is 2.22. The lowest BCUT2D eigenvalue weighted by Crippen LogP contribution is -2.42. The number of benzene rings is 1. The fraction of sp³-hybridized carbons (Fsp3) is 0.450. The third-order valence-corrected chi connectivity index (χ3v) is 4.11. The molecule has 0 aliphatic rings. The van der Waals surface area contributed by atoms with Crippen molar-refractivity contribution >= 4 is 28.5 Å². The van der Waals surface area contributed by atoms with Gasteiger partial charge in [0.1, 0.15) is 6.54 Å². The Hall–Kier alpha value is -2.63. The van der Waals surface area contributed by atoms with Gasteiger partial charge in [-0.1, -0.05) is 18.2 Å². The van der Waals surface area contributed by atoms with Crippen molar-refractivity contribution in [2.75, 3.05) is 13.1 Å². The summed E-state index contributed by atoms with van der Waals surface area (Å²) in [6.07, 6.45) is 1.61. The molecule has 0 bridgehead atoms. The summed E-state index contributed by atoms with van der Waals surface area (Å²) in [5.74, 6) is -1.20. The SMILES string of the molecule is CCN(CC)C(=O)C(=O)c1cn(CC(=O)NC(C)(C)C)c2ccccc12. The molecule has 0 atom stereocenters. The Balaban J connectivity index is 2.39. The van der Waals surface area contributed by atoms with Gasteiger partial charge in [0.25, 0.3) is 11.7 Å². The van der Waals surface area contributed by atoms with Crippen LogP contribution < -0.4 is 5.32 Å². The molecule has 0 fully saturated rings. The third kappa shape index (κ3) is 4.31. The van der Waals surface area contributed by atoms with Gasteiger partial charge in [-0.05, 0) is 40.7 Å². The van der Waals surface area contributed by atoms with Gasteiger partial charge >= 0.3 is 0 Å². The van der Waals surface area contributed by atoms with Crippen LogP contribution in [-0.4, -0.2) is 45.7 Å². The summed E-state index contributed by atoms with van der Waals surface area (Å²) in [6.45, 7) is 10.5. The maximum Gasteiger partial charge on any atom is 0.295 e. The number of nitrogens with one attached hydrogen (secondary N) is 1. The molecule has 2 amide bonds. The van der Waals surface area contributed by atoms with E-state index in [-0.39, 0.29) is 18.0 Å². The number of hydrogen-bond acceptors (Lipinski definition) is 3. The predicted molar refractivity (Wildman–Crippen MR) is 102 cm³/mol. The molecule has 26 heavy (non-hydrogen) atoms. The maximum atomic E-state index is 12.7. The van der Waals surface area contributed by atoms with Crippen molar-refractivity contribution in [3.05, 3.63) is 36.0 Å². The fourth-order valence-corrected chi connectivity index (χ4v) is 2.94. The maximum absolute atomic E-state index is 12.7. The Bertz CT molecular complexity index is 826.